The maximum Gasteiger partial charge on any atom is 0.270 e. The molecular formula is C28H29N3O6. The van der Waals surface area contributed by atoms with E-state index in [2.05, 4.69) is 6.92 Å². The van der Waals surface area contributed by atoms with Crippen LogP contribution in [0.4, 0.5) is 5.69 Å². The van der Waals surface area contributed by atoms with Crippen molar-refractivity contribution in [3.05, 3.63) is 87.5 Å². The molecule has 0 radical (unpaired) electrons. The molecule has 2 unspecified atom stereocenters. The zero-order valence-electron chi connectivity index (χ0n) is 21.0. The SMILES string of the molecule is CCCCOc1ccc(C2Oc3ccc([N+](=O)[O-])cc3C3CC(c4ccc(OC)c(OC)c4)=NN32)cc1. The van der Waals surface area contributed by atoms with Gasteiger partial charge in [-0.2, -0.15) is 5.10 Å². The lowest BCUT2D eigenvalue weighted by Crippen LogP contribution is -2.33. The first-order valence-corrected chi connectivity index (χ1v) is 12.3. The molecule has 2 aliphatic heterocycles. The summed E-state index contributed by atoms with van der Waals surface area (Å²) in [5, 5.41) is 18.3. The maximum absolute atomic E-state index is 11.5. The minimum atomic E-state index is -0.499. The van der Waals surface area contributed by atoms with E-state index in [1.807, 2.05) is 47.5 Å². The Balaban J connectivity index is 1.51. The molecular weight excluding hydrogens is 474 g/mol. The van der Waals surface area contributed by atoms with Gasteiger partial charge in [-0.3, -0.25) is 10.1 Å². The first-order chi connectivity index (χ1) is 18.0. The first kappa shape index (κ1) is 24.4. The van der Waals surface area contributed by atoms with Gasteiger partial charge in [-0.15, -0.1) is 0 Å². The number of nitrogens with zero attached hydrogens (tertiary/aromatic N) is 3. The Morgan fingerprint density at radius 1 is 1.05 bits per heavy atom. The number of ether oxygens (including phenoxy) is 4. The number of hydrazone groups is 1. The van der Waals surface area contributed by atoms with Gasteiger partial charge in [0.2, 0.25) is 6.23 Å². The van der Waals surface area contributed by atoms with Crippen molar-refractivity contribution in [1.82, 2.24) is 5.01 Å². The fraction of sp³-hybridized carbons (Fsp3) is 0.321. The van der Waals surface area contributed by atoms with Crippen LogP contribution >= 0.6 is 0 Å². The third-order valence-electron chi connectivity index (χ3n) is 6.63. The highest BCUT2D eigenvalue weighted by molar-refractivity contribution is 6.02. The highest BCUT2D eigenvalue weighted by Gasteiger charge is 2.41. The van der Waals surface area contributed by atoms with E-state index >= 15 is 0 Å². The summed E-state index contributed by atoms with van der Waals surface area (Å²) >= 11 is 0. The van der Waals surface area contributed by atoms with E-state index < -0.39 is 6.23 Å². The Hall–Kier alpha value is -4.27. The summed E-state index contributed by atoms with van der Waals surface area (Å²) in [6, 6.07) is 18.0. The van der Waals surface area contributed by atoms with Gasteiger partial charge in [0.05, 0.1) is 37.5 Å². The van der Waals surface area contributed by atoms with E-state index in [1.54, 1.807) is 26.4 Å². The van der Waals surface area contributed by atoms with Crippen LogP contribution in [0.15, 0.2) is 65.8 Å². The van der Waals surface area contributed by atoms with E-state index in [-0.39, 0.29) is 16.7 Å². The molecule has 0 N–H and O–H groups in total. The first-order valence-electron chi connectivity index (χ1n) is 12.3. The number of nitro groups is 1. The molecule has 2 atom stereocenters. The van der Waals surface area contributed by atoms with Crippen LogP contribution in [0.5, 0.6) is 23.0 Å². The van der Waals surface area contributed by atoms with Crippen LogP contribution in [-0.2, 0) is 0 Å². The molecule has 0 spiro atoms. The summed E-state index contributed by atoms with van der Waals surface area (Å²) in [4.78, 5) is 11.1. The van der Waals surface area contributed by atoms with Gasteiger partial charge < -0.3 is 18.9 Å². The van der Waals surface area contributed by atoms with Crippen molar-refractivity contribution in [3.8, 4) is 23.0 Å². The molecule has 0 aliphatic carbocycles. The van der Waals surface area contributed by atoms with Gasteiger partial charge in [-0.05, 0) is 55.0 Å². The van der Waals surface area contributed by atoms with E-state index in [0.29, 0.717) is 30.3 Å². The van der Waals surface area contributed by atoms with Crippen LogP contribution in [0.25, 0.3) is 0 Å². The molecule has 0 amide bonds. The van der Waals surface area contributed by atoms with E-state index in [9.17, 15) is 10.1 Å². The second-order valence-electron chi connectivity index (χ2n) is 8.94. The zero-order valence-corrected chi connectivity index (χ0v) is 21.0. The molecule has 5 rings (SSSR count). The minimum Gasteiger partial charge on any atom is -0.494 e. The Bertz CT molecular complexity index is 1320. The summed E-state index contributed by atoms with van der Waals surface area (Å²) in [6.45, 7) is 2.80. The summed E-state index contributed by atoms with van der Waals surface area (Å²) in [6.07, 6.45) is 2.13. The van der Waals surface area contributed by atoms with Crippen LogP contribution in [0, 0.1) is 10.1 Å². The summed E-state index contributed by atoms with van der Waals surface area (Å²) < 4.78 is 23.1. The molecule has 9 nitrogen and oxygen atoms in total. The predicted octanol–water partition coefficient (Wildman–Crippen LogP) is 6.03. The molecule has 0 saturated heterocycles. The standard InChI is InChI=1S/C28H29N3O6/c1-4-5-14-36-21-10-6-18(7-11-21)28-30-24(22-16-20(31(32)33)9-13-25(22)37-28)17-23(29-30)19-8-12-26(34-2)27(15-19)35-3/h6-13,15-16,24,28H,4-5,14,17H2,1-3H3. The van der Waals surface area contributed by atoms with Gasteiger partial charge in [-0.25, -0.2) is 5.01 Å². The van der Waals surface area contributed by atoms with Crippen molar-refractivity contribution in [1.29, 1.82) is 0 Å². The minimum absolute atomic E-state index is 0.0221. The molecule has 9 heteroatoms. The second-order valence-corrected chi connectivity index (χ2v) is 8.94. The van der Waals surface area contributed by atoms with Crippen LogP contribution in [-0.4, -0.2) is 36.5 Å². The van der Waals surface area contributed by atoms with Crippen molar-refractivity contribution in [3.63, 3.8) is 0 Å². The highest BCUT2D eigenvalue weighted by Crippen LogP contribution is 2.48. The van der Waals surface area contributed by atoms with Crippen molar-refractivity contribution in [2.24, 2.45) is 5.10 Å². The van der Waals surface area contributed by atoms with E-state index in [0.717, 1.165) is 41.0 Å². The molecule has 0 fully saturated rings. The fourth-order valence-corrected chi connectivity index (χ4v) is 4.66. The number of methoxy groups -OCH3 is 2. The van der Waals surface area contributed by atoms with Crippen molar-refractivity contribution in [2.45, 2.75) is 38.5 Å². The topological polar surface area (TPSA) is 95.7 Å². The summed E-state index contributed by atoms with van der Waals surface area (Å²) in [5.41, 5.74) is 3.39. The Kier molecular flexibility index (Phi) is 6.85. The molecule has 2 aliphatic rings. The van der Waals surface area contributed by atoms with Crippen molar-refractivity contribution in [2.75, 3.05) is 20.8 Å². The number of rotatable bonds is 9. The van der Waals surface area contributed by atoms with Gasteiger partial charge in [0.25, 0.3) is 5.69 Å². The van der Waals surface area contributed by atoms with Crippen molar-refractivity contribution >= 4 is 11.4 Å². The molecule has 37 heavy (non-hydrogen) atoms. The normalized spacial score (nSPS) is 17.8. The quantitative estimate of drug-likeness (QED) is 0.200. The van der Waals surface area contributed by atoms with Gasteiger partial charge in [0, 0.05) is 35.2 Å². The Labute approximate surface area is 215 Å². The molecule has 192 valence electrons. The summed E-state index contributed by atoms with van der Waals surface area (Å²) in [7, 11) is 3.19. The van der Waals surface area contributed by atoms with Crippen LogP contribution in [0.1, 0.15) is 55.1 Å². The average molecular weight is 504 g/mol. The lowest BCUT2D eigenvalue weighted by molar-refractivity contribution is -0.385. The summed E-state index contributed by atoms with van der Waals surface area (Å²) in [5.74, 6) is 2.65. The molecule has 0 saturated carbocycles. The number of non-ortho nitro benzene ring substituents is 1. The van der Waals surface area contributed by atoms with Crippen molar-refractivity contribution < 1.29 is 23.9 Å². The number of hydrogen-bond donors (Lipinski definition) is 0. The highest BCUT2D eigenvalue weighted by atomic mass is 16.6. The predicted molar refractivity (Wildman–Crippen MR) is 139 cm³/mol. The second kappa shape index (κ2) is 10.4. The maximum atomic E-state index is 11.5. The van der Waals surface area contributed by atoms with Gasteiger partial charge >= 0.3 is 0 Å². The van der Waals surface area contributed by atoms with Crippen LogP contribution < -0.4 is 18.9 Å². The zero-order chi connectivity index (χ0) is 25.9. The number of unbranched alkanes of at least 4 members (excludes halogenated alkanes) is 1. The van der Waals surface area contributed by atoms with Gasteiger partial charge in [0.15, 0.2) is 11.5 Å². The van der Waals surface area contributed by atoms with Crippen LogP contribution in [0.2, 0.25) is 0 Å². The smallest absolute Gasteiger partial charge is 0.270 e. The lowest BCUT2D eigenvalue weighted by Gasteiger charge is -2.38. The largest absolute Gasteiger partial charge is 0.494 e. The fourth-order valence-electron chi connectivity index (χ4n) is 4.66. The third-order valence-corrected chi connectivity index (χ3v) is 6.63. The van der Waals surface area contributed by atoms with E-state index in [1.165, 1.54) is 6.07 Å². The lowest BCUT2D eigenvalue weighted by atomic mass is 9.95. The number of benzene rings is 3. The monoisotopic (exact) mass is 503 g/mol. The Morgan fingerprint density at radius 2 is 1.84 bits per heavy atom. The number of nitro benzene ring substituents is 1. The number of fused-ring (bicyclic) bond motifs is 3. The third kappa shape index (κ3) is 4.76. The van der Waals surface area contributed by atoms with Gasteiger partial charge in [-0.1, -0.05) is 13.3 Å². The molecule has 3 aromatic carbocycles. The van der Waals surface area contributed by atoms with E-state index in [4.69, 9.17) is 24.0 Å². The average Bonchev–Trinajstić information content (AvgIpc) is 3.38. The molecule has 3 aromatic rings. The molecule has 0 bridgehead atoms. The molecule has 0 aromatic heterocycles. The number of hydrogen-bond acceptors (Lipinski definition) is 8. The van der Waals surface area contributed by atoms with Gasteiger partial charge in [0.1, 0.15) is 11.5 Å². The van der Waals surface area contributed by atoms with Crippen LogP contribution in [0.3, 0.4) is 0 Å². The molecule has 2 heterocycles. The Morgan fingerprint density at radius 3 is 2.54 bits per heavy atom.